The number of imidazole rings is 1. The Balaban J connectivity index is 1.28. The molecule has 0 unspecified atom stereocenters. The summed E-state index contributed by atoms with van der Waals surface area (Å²) in [4.78, 5) is 8.83. The van der Waals surface area contributed by atoms with E-state index < -0.39 is 29.4 Å². The van der Waals surface area contributed by atoms with Crippen molar-refractivity contribution in [3.05, 3.63) is 112 Å². The third-order valence-corrected chi connectivity index (χ3v) is 8.02. The van der Waals surface area contributed by atoms with Crippen LogP contribution < -0.4 is 4.74 Å². The lowest BCUT2D eigenvalue weighted by Gasteiger charge is -2.30. The molecule has 0 aliphatic carbocycles. The summed E-state index contributed by atoms with van der Waals surface area (Å²) in [6.45, 7) is 0.162. The molecule has 0 bridgehead atoms. The van der Waals surface area contributed by atoms with Gasteiger partial charge in [-0.25, -0.2) is 27.5 Å². The Bertz CT molecular complexity index is 1950. The SMILES string of the molecule is N#Cc1ccc(COc2cccc(-c3cc(F)c(Cc4nc5ccc(C(O)O)cc5n4CC4(F)CCOCC4)cc3F)n2)c(F)c1. The fraction of sp³-hybridized carbons (Fsp3) is 0.265. The molecule has 2 aromatic heterocycles. The molecule has 46 heavy (non-hydrogen) atoms. The van der Waals surface area contributed by atoms with Gasteiger partial charge in [-0.2, -0.15) is 5.26 Å². The van der Waals surface area contributed by atoms with Gasteiger partial charge in [-0.1, -0.05) is 18.2 Å². The number of pyridine rings is 1. The lowest BCUT2D eigenvalue weighted by molar-refractivity contribution is -0.0424. The average molecular weight is 633 g/mol. The molecule has 1 aliphatic heterocycles. The summed E-state index contributed by atoms with van der Waals surface area (Å²) in [5.41, 5.74) is -0.284. The maximum Gasteiger partial charge on any atom is 0.214 e. The van der Waals surface area contributed by atoms with Crippen LogP contribution in [0.3, 0.4) is 0 Å². The van der Waals surface area contributed by atoms with E-state index in [0.717, 1.165) is 18.2 Å². The van der Waals surface area contributed by atoms with E-state index in [2.05, 4.69) is 9.97 Å². The predicted octanol–water partition coefficient (Wildman–Crippen LogP) is 6.06. The van der Waals surface area contributed by atoms with Crippen LogP contribution in [0.1, 0.15) is 47.2 Å². The van der Waals surface area contributed by atoms with Crippen LogP contribution in [0.4, 0.5) is 17.6 Å². The van der Waals surface area contributed by atoms with E-state index in [9.17, 15) is 14.6 Å². The zero-order valence-electron chi connectivity index (χ0n) is 24.4. The highest BCUT2D eigenvalue weighted by molar-refractivity contribution is 5.77. The standard InChI is InChI=1S/C34H28F4N4O4/c35-25-12-20(17-39)4-5-22(25)18-46-32-3-1-2-28(41-32)24-16-26(36)23(13-27(24)37)15-31-40-29-7-6-21(33(43)44)14-30(29)42(31)19-34(38)8-10-45-11-9-34/h1-7,12-14,16,33,43-44H,8-11,15,18-19H2. The Morgan fingerprint density at radius 3 is 2.46 bits per heavy atom. The highest BCUT2D eigenvalue weighted by Gasteiger charge is 2.34. The van der Waals surface area contributed by atoms with E-state index >= 15 is 13.2 Å². The number of rotatable bonds is 9. The van der Waals surface area contributed by atoms with Crippen LogP contribution in [0.15, 0.2) is 66.7 Å². The molecule has 0 saturated carbocycles. The fourth-order valence-electron chi connectivity index (χ4n) is 5.46. The molecule has 3 heterocycles. The third kappa shape index (κ3) is 6.57. The number of aromatic nitrogens is 3. The Kier molecular flexibility index (Phi) is 8.73. The van der Waals surface area contributed by atoms with Crippen LogP contribution in [0.2, 0.25) is 0 Å². The summed E-state index contributed by atoms with van der Waals surface area (Å²) < 4.78 is 73.7. The molecule has 0 radical (unpaired) electrons. The molecule has 12 heteroatoms. The number of aliphatic hydroxyl groups is 2. The number of fused-ring (bicyclic) bond motifs is 1. The Morgan fingerprint density at radius 1 is 0.935 bits per heavy atom. The first kappa shape index (κ1) is 31.2. The van der Waals surface area contributed by atoms with Crippen LogP contribution in [0, 0.1) is 28.8 Å². The number of halogens is 4. The number of hydrogen-bond donors (Lipinski definition) is 2. The normalized spacial score (nSPS) is 14.5. The predicted molar refractivity (Wildman–Crippen MR) is 159 cm³/mol. The van der Waals surface area contributed by atoms with Crippen molar-refractivity contribution in [2.45, 2.75) is 44.4 Å². The number of hydrogen-bond acceptors (Lipinski definition) is 7. The van der Waals surface area contributed by atoms with Gasteiger partial charge in [-0.3, -0.25) is 0 Å². The average Bonchev–Trinajstić information content (AvgIpc) is 3.37. The van der Waals surface area contributed by atoms with Crippen molar-refractivity contribution in [3.63, 3.8) is 0 Å². The van der Waals surface area contributed by atoms with Crippen molar-refractivity contribution in [2.24, 2.45) is 0 Å². The summed E-state index contributed by atoms with van der Waals surface area (Å²) in [5, 5.41) is 28.3. The van der Waals surface area contributed by atoms with Gasteiger partial charge in [0.25, 0.3) is 0 Å². The molecule has 8 nitrogen and oxygen atoms in total. The summed E-state index contributed by atoms with van der Waals surface area (Å²) in [6.07, 6.45) is -1.64. The van der Waals surface area contributed by atoms with Gasteiger partial charge in [-0.05, 0) is 48.0 Å². The number of benzene rings is 3. The van der Waals surface area contributed by atoms with E-state index in [-0.39, 0.29) is 90.8 Å². The van der Waals surface area contributed by atoms with Crippen molar-refractivity contribution < 1.29 is 37.2 Å². The molecular weight excluding hydrogens is 604 g/mol. The van der Waals surface area contributed by atoms with E-state index in [1.807, 2.05) is 6.07 Å². The lowest BCUT2D eigenvalue weighted by Crippen LogP contribution is -2.36. The second kappa shape index (κ2) is 12.9. The number of ether oxygens (including phenoxy) is 2. The molecule has 0 atom stereocenters. The van der Waals surface area contributed by atoms with Crippen molar-refractivity contribution in [1.82, 2.24) is 14.5 Å². The smallest absolute Gasteiger partial charge is 0.214 e. The molecule has 0 amide bonds. The molecule has 5 aromatic rings. The third-order valence-electron chi connectivity index (χ3n) is 8.02. The van der Waals surface area contributed by atoms with Crippen LogP contribution in [-0.4, -0.2) is 43.6 Å². The number of nitriles is 1. The first-order chi connectivity index (χ1) is 22.1. The van der Waals surface area contributed by atoms with Crippen molar-refractivity contribution in [3.8, 4) is 23.2 Å². The number of nitrogens with zero attached hydrogens (tertiary/aromatic N) is 4. The largest absolute Gasteiger partial charge is 0.473 e. The van der Waals surface area contributed by atoms with Gasteiger partial charge >= 0.3 is 0 Å². The molecule has 1 fully saturated rings. The van der Waals surface area contributed by atoms with E-state index in [1.54, 1.807) is 16.7 Å². The summed E-state index contributed by atoms with van der Waals surface area (Å²) in [5.74, 6) is -1.79. The minimum absolute atomic E-state index is 0.0243. The van der Waals surface area contributed by atoms with Crippen molar-refractivity contribution >= 4 is 11.0 Å². The first-order valence-corrected chi connectivity index (χ1v) is 14.5. The summed E-state index contributed by atoms with van der Waals surface area (Å²) in [7, 11) is 0. The minimum Gasteiger partial charge on any atom is -0.473 e. The zero-order valence-corrected chi connectivity index (χ0v) is 24.4. The maximum atomic E-state index is 15.9. The highest BCUT2D eigenvalue weighted by atomic mass is 19.1. The number of aliphatic hydroxyl groups excluding tert-OH is 1. The first-order valence-electron chi connectivity index (χ1n) is 14.5. The minimum atomic E-state index is -1.76. The Labute approximate surface area is 261 Å². The van der Waals surface area contributed by atoms with Crippen molar-refractivity contribution in [2.75, 3.05) is 13.2 Å². The Morgan fingerprint density at radius 2 is 1.72 bits per heavy atom. The Hall–Kier alpha value is -4.83. The second-order valence-corrected chi connectivity index (χ2v) is 11.2. The monoisotopic (exact) mass is 632 g/mol. The van der Waals surface area contributed by atoms with Gasteiger partial charge in [0.1, 0.15) is 35.6 Å². The van der Waals surface area contributed by atoms with Crippen LogP contribution in [0.25, 0.3) is 22.3 Å². The maximum absolute atomic E-state index is 15.9. The molecular formula is C34H28F4N4O4. The van der Waals surface area contributed by atoms with Crippen molar-refractivity contribution in [1.29, 1.82) is 5.26 Å². The topological polar surface area (TPSA) is 113 Å². The molecule has 3 aromatic carbocycles. The summed E-state index contributed by atoms with van der Waals surface area (Å²) >= 11 is 0. The van der Waals surface area contributed by atoms with E-state index in [4.69, 9.17) is 14.7 Å². The van der Waals surface area contributed by atoms with E-state index in [1.165, 1.54) is 36.4 Å². The van der Waals surface area contributed by atoms with Gasteiger partial charge in [-0.15, -0.1) is 0 Å². The van der Waals surface area contributed by atoms with Crippen LogP contribution in [-0.2, 0) is 24.3 Å². The van der Waals surface area contributed by atoms with Gasteiger partial charge < -0.3 is 24.3 Å². The molecule has 1 saturated heterocycles. The van der Waals surface area contributed by atoms with E-state index in [0.29, 0.717) is 11.0 Å². The summed E-state index contributed by atoms with van der Waals surface area (Å²) in [6, 6.07) is 16.9. The number of alkyl halides is 1. The molecule has 6 rings (SSSR count). The molecule has 236 valence electrons. The highest BCUT2D eigenvalue weighted by Crippen LogP contribution is 2.32. The van der Waals surface area contributed by atoms with Crippen LogP contribution >= 0.6 is 0 Å². The fourth-order valence-corrected chi connectivity index (χ4v) is 5.46. The molecule has 0 spiro atoms. The molecule has 1 aliphatic rings. The quantitative estimate of drug-likeness (QED) is 0.150. The van der Waals surface area contributed by atoms with Crippen LogP contribution in [0.5, 0.6) is 5.88 Å². The van der Waals surface area contributed by atoms with Gasteiger partial charge in [0.05, 0.1) is 34.9 Å². The van der Waals surface area contributed by atoms with Gasteiger partial charge in [0.15, 0.2) is 6.29 Å². The van der Waals surface area contributed by atoms with Gasteiger partial charge in [0.2, 0.25) is 5.88 Å². The zero-order chi connectivity index (χ0) is 32.4. The second-order valence-electron chi connectivity index (χ2n) is 11.2. The lowest BCUT2D eigenvalue weighted by atomic mass is 9.96. The molecule has 2 N–H and O–H groups in total. The van der Waals surface area contributed by atoms with Gasteiger partial charge in [0, 0.05) is 55.2 Å².